The van der Waals surface area contributed by atoms with Crippen molar-refractivity contribution in [1.82, 2.24) is 14.5 Å². The zero-order chi connectivity index (χ0) is 24.7. The average molecular weight is 470 g/mol. The van der Waals surface area contributed by atoms with Crippen molar-refractivity contribution >= 4 is 22.5 Å². The normalized spacial score (nSPS) is 19.9. The van der Waals surface area contributed by atoms with Crippen LogP contribution in [0.25, 0.3) is 15.9 Å². The highest BCUT2D eigenvalue weighted by Crippen LogP contribution is 2.35. The summed E-state index contributed by atoms with van der Waals surface area (Å²) in [6.07, 6.45) is 0.696. The summed E-state index contributed by atoms with van der Waals surface area (Å²) in [6, 6.07) is 5.45. The highest BCUT2D eigenvalue weighted by atomic mass is 19.1. The fraction of sp³-hybridized carbons (Fsp3) is 0.400. The second-order valence-corrected chi connectivity index (χ2v) is 8.80. The van der Waals surface area contributed by atoms with E-state index in [1.54, 1.807) is 26.1 Å². The van der Waals surface area contributed by atoms with Gasteiger partial charge in [0, 0.05) is 62.0 Å². The molecule has 1 aromatic carbocycles. The summed E-state index contributed by atoms with van der Waals surface area (Å²) < 4.78 is 44.0. The summed E-state index contributed by atoms with van der Waals surface area (Å²) in [4.78, 5) is 24.7. The number of aromatic nitrogens is 2. The molecular formula is C25H26F3N5O. The Hall–Kier alpha value is -3.38. The van der Waals surface area contributed by atoms with Crippen molar-refractivity contribution in [1.29, 1.82) is 0 Å². The van der Waals surface area contributed by atoms with Crippen molar-refractivity contribution in [2.75, 3.05) is 18.0 Å². The Balaban J connectivity index is 1.74. The number of piperazine rings is 1. The van der Waals surface area contributed by atoms with Crippen LogP contribution in [-0.2, 0) is 7.05 Å². The van der Waals surface area contributed by atoms with Gasteiger partial charge in [0.1, 0.15) is 17.5 Å². The number of nitrogens with zero attached hydrogens (tertiary/aromatic N) is 5. The fourth-order valence-electron chi connectivity index (χ4n) is 4.94. The Morgan fingerprint density at radius 1 is 1.18 bits per heavy atom. The summed E-state index contributed by atoms with van der Waals surface area (Å²) in [5.74, 6) is -2.51. The quantitative estimate of drug-likeness (QED) is 0.507. The summed E-state index contributed by atoms with van der Waals surface area (Å²) in [5.41, 5.74) is 1.49. The van der Waals surface area contributed by atoms with E-state index in [-0.39, 0.29) is 29.0 Å². The van der Waals surface area contributed by atoms with E-state index in [9.17, 15) is 18.0 Å². The van der Waals surface area contributed by atoms with Crippen molar-refractivity contribution in [2.24, 2.45) is 7.05 Å². The molecule has 0 radical (unpaired) electrons. The maximum absolute atomic E-state index is 14.5. The fourth-order valence-corrected chi connectivity index (χ4v) is 4.94. The van der Waals surface area contributed by atoms with Gasteiger partial charge in [-0.2, -0.15) is 0 Å². The molecule has 9 heteroatoms. The third kappa shape index (κ3) is 4.03. The number of hydrogen-bond acceptors (Lipinski definition) is 4. The molecule has 0 amide bonds. The minimum absolute atomic E-state index is 0.0850. The van der Waals surface area contributed by atoms with Gasteiger partial charge in [-0.3, -0.25) is 9.69 Å². The lowest BCUT2D eigenvalue weighted by Crippen LogP contribution is -2.58. The van der Waals surface area contributed by atoms with Crippen LogP contribution < -0.4 is 10.5 Å². The maximum Gasteiger partial charge on any atom is 0.270 e. The Bertz CT molecular complexity index is 1330. The first-order valence-corrected chi connectivity index (χ1v) is 11.2. The van der Waals surface area contributed by atoms with Crippen LogP contribution in [0.4, 0.5) is 24.7 Å². The van der Waals surface area contributed by atoms with Crippen molar-refractivity contribution in [3.8, 4) is 0 Å². The van der Waals surface area contributed by atoms with Gasteiger partial charge in [-0.05, 0) is 32.4 Å². The SMILES string of the molecule is [C-]#[N+]c1ccc2c(n1)c(N1C[C@@H](CC)N(C(C)c3c(F)cc(F)cc3F)C[C@@H]1C)cc(=O)n2C. The van der Waals surface area contributed by atoms with Crippen LogP contribution in [-0.4, -0.2) is 39.6 Å². The molecule has 1 unspecified atom stereocenters. The third-order valence-corrected chi connectivity index (χ3v) is 6.79. The number of hydrogen-bond donors (Lipinski definition) is 0. The third-order valence-electron chi connectivity index (χ3n) is 6.79. The molecule has 3 atom stereocenters. The predicted molar refractivity (Wildman–Crippen MR) is 126 cm³/mol. The van der Waals surface area contributed by atoms with E-state index in [1.165, 1.54) is 10.6 Å². The van der Waals surface area contributed by atoms with Crippen LogP contribution in [0.3, 0.4) is 0 Å². The molecule has 0 saturated carbocycles. The van der Waals surface area contributed by atoms with Gasteiger partial charge in [-0.15, -0.1) is 4.98 Å². The lowest BCUT2D eigenvalue weighted by atomic mass is 9.97. The average Bonchev–Trinajstić information content (AvgIpc) is 2.80. The van der Waals surface area contributed by atoms with Gasteiger partial charge in [0.05, 0.1) is 11.2 Å². The van der Waals surface area contributed by atoms with Gasteiger partial charge in [0.25, 0.3) is 11.4 Å². The van der Waals surface area contributed by atoms with E-state index < -0.39 is 23.5 Å². The van der Waals surface area contributed by atoms with Crippen molar-refractivity contribution in [2.45, 2.75) is 45.3 Å². The molecule has 0 aliphatic carbocycles. The monoisotopic (exact) mass is 469 g/mol. The van der Waals surface area contributed by atoms with Gasteiger partial charge in [0.15, 0.2) is 0 Å². The minimum atomic E-state index is -0.944. The molecule has 4 rings (SSSR count). The molecule has 1 aliphatic heterocycles. The molecule has 6 nitrogen and oxygen atoms in total. The first-order valence-electron chi connectivity index (χ1n) is 11.2. The first kappa shape index (κ1) is 23.8. The standard InChI is InChI=1S/C25H26F3N5O/c1-6-17-13-32(21-11-23(34)31(5)20-7-8-22(29-4)30-25(20)21)14(2)12-33(17)15(3)24-18(27)9-16(26)10-19(24)28/h7-11,14-15,17H,6,12-13H2,1-3,5H3/t14-,15?,17+/m0/s1. The molecule has 3 heterocycles. The molecule has 1 aliphatic rings. The molecular weight excluding hydrogens is 443 g/mol. The van der Waals surface area contributed by atoms with Crippen molar-refractivity contribution in [3.63, 3.8) is 0 Å². The van der Waals surface area contributed by atoms with E-state index in [0.29, 0.717) is 48.4 Å². The molecule has 1 saturated heterocycles. The van der Waals surface area contributed by atoms with Gasteiger partial charge in [-0.25, -0.2) is 13.2 Å². The van der Waals surface area contributed by atoms with Gasteiger partial charge in [-0.1, -0.05) is 13.5 Å². The molecule has 2 aromatic heterocycles. The molecule has 0 bridgehead atoms. The van der Waals surface area contributed by atoms with Crippen LogP contribution in [0.5, 0.6) is 0 Å². The number of rotatable bonds is 4. The lowest BCUT2D eigenvalue weighted by Gasteiger charge is -2.48. The van der Waals surface area contributed by atoms with Gasteiger partial charge in [0.2, 0.25) is 5.52 Å². The number of pyridine rings is 2. The predicted octanol–water partition coefficient (Wildman–Crippen LogP) is 4.95. The Morgan fingerprint density at radius 2 is 1.85 bits per heavy atom. The molecule has 178 valence electrons. The second-order valence-electron chi connectivity index (χ2n) is 8.80. The van der Waals surface area contributed by atoms with Crippen LogP contribution >= 0.6 is 0 Å². The Labute approximate surface area is 196 Å². The van der Waals surface area contributed by atoms with E-state index in [0.717, 1.165) is 0 Å². The summed E-state index contributed by atoms with van der Waals surface area (Å²) in [6.45, 7) is 14.0. The molecule has 3 aromatic rings. The number of fused-ring (bicyclic) bond motifs is 1. The van der Waals surface area contributed by atoms with Crippen LogP contribution in [0.15, 0.2) is 35.1 Å². The van der Waals surface area contributed by atoms with Crippen LogP contribution in [0, 0.1) is 24.0 Å². The topological polar surface area (TPSA) is 45.7 Å². The Morgan fingerprint density at radius 3 is 2.47 bits per heavy atom. The second kappa shape index (κ2) is 9.11. The highest BCUT2D eigenvalue weighted by molar-refractivity contribution is 5.89. The number of benzene rings is 1. The Kier molecular flexibility index (Phi) is 6.36. The summed E-state index contributed by atoms with van der Waals surface area (Å²) in [7, 11) is 1.66. The largest absolute Gasteiger partial charge is 0.362 e. The zero-order valence-corrected chi connectivity index (χ0v) is 19.5. The number of halogens is 3. The molecule has 0 spiro atoms. The molecule has 1 fully saturated rings. The van der Waals surface area contributed by atoms with Gasteiger partial charge < -0.3 is 14.3 Å². The molecule has 0 N–H and O–H groups in total. The van der Waals surface area contributed by atoms with E-state index >= 15 is 0 Å². The van der Waals surface area contributed by atoms with Crippen LogP contribution in [0.2, 0.25) is 0 Å². The summed E-state index contributed by atoms with van der Waals surface area (Å²) >= 11 is 0. The molecule has 34 heavy (non-hydrogen) atoms. The first-order chi connectivity index (χ1) is 16.2. The highest BCUT2D eigenvalue weighted by Gasteiger charge is 2.37. The lowest BCUT2D eigenvalue weighted by molar-refractivity contribution is 0.102. The number of aryl methyl sites for hydroxylation is 1. The van der Waals surface area contributed by atoms with Gasteiger partial charge >= 0.3 is 0 Å². The van der Waals surface area contributed by atoms with Crippen LogP contribution in [0.1, 0.15) is 38.8 Å². The zero-order valence-electron chi connectivity index (χ0n) is 19.5. The van der Waals surface area contributed by atoms with Crippen molar-refractivity contribution in [3.05, 3.63) is 75.1 Å². The summed E-state index contributed by atoms with van der Waals surface area (Å²) in [5, 5.41) is 0. The van der Waals surface area contributed by atoms with Crippen molar-refractivity contribution < 1.29 is 13.2 Å². The van der Waals surface area contributed by atoms with E-state index in [4.69, 9.17) is 6.57 Å². The number of anilines is 1. The van der Waals surface area contributed by atoms with E-state index in [2.05, 4.69) is 14.7 Å². The smallest absolute Gasteiger partial charge is 0.270 e. The minimum Gasteiger partial charge on any atom is -0.362 e. The maximum atomic E-state index is 14.5. The van der Waals surface area contributed by atoms with E-state index in [1.807, 2.05) is 18.7 Å².